The van der Waals surface area contributed by atoms with Crippen LogP contribution in [0.5, 0.6) is 0 Å². The second-order valence-electron chi connectivity index (χ2n) is 3.82. The van der Waals surface area contributed by atoms with Gasteiger partial charge in [0.1, 0.15) is 6.61 Å². The molecular weight excluding hydrogens is 196 g/mol. The Labute approximate surface area is 90.9 Å². The minimum absolute atomic E-state index is 0.186. The molecule has 0 aliphatic heterocycles. The van der Waals surface area contributed by atoms with Crippen LogP contribution in [0.25, 0.3) is 0 Å². The highest BCUT2D eigenvalue weighted by atomic mass is 16.6. The normalized spacial score (nSPS) is 14.4. The van der Waals surface area contributed by atoms with Crippen molar-refractivity contribution in [2.45, 2.75) is 32.8 Å². The molecule has 0 bridgehead atoms. The lowest BCUT2D eigenvalue weighted by Crippen LogP contribution is -2.30. The predicted molar refractivity (Wildman–Crippen MR) is 57.5 cm³/mol. The molecule has 1 N–H and O–H groups in total. The Kier molecular flexibility index (Phi) is 6.20. The number of carbonyl (C=O) groups excluding carboxylic acids is 1. The maximum atomic E-state index is 10.9. The fraction of sp³-hybridized carbons (Fsp3) is 0.727. The molecule has 15 heavy (non-hydrogen) atoms. The first-order chi connectivity index (χ1) is 6.89. The van der Waals surface area contributed by atoms with Crippen molar-refractivity contribution >= 4 is 5.97 Å². The van der Waals surface area contributed by atoms with E-state index in [-0.39, 0.29) is 19.8 Å². The summed E-state index contributed by atoms with van der Waals surface area (Å²) in [7, 11) is 0. The van der Waals surface area contributed by atoms with Crippen LogP contribution in [0.2, 0.25) is 0 Å². The van der Waals surface area contributed by atoms with Crippen molar-refractivity contribution in [3.8, 4) is 0 Å². The zero-order valence-electron chi connectivity index (χ0n) is 9.71. The molecule has 0 rings (SSSR count). The molecule has 0 saturated heterocycles. The van der Waals surface area contributed by atoms with Crippen molar-refractivity contribution in [3.63, 3.8) is 0 Å². The first-order valence-corrected chi connectivity index (χ1v) is 5.02. The van der Waals surface area contributed by atoms with Crippen LogP contribution in [0.1, 0.15) is 27.2 Å². The van der Waals surface area contributed by atoms with Crippen molar-refractivity contribution in [1.29, 1.82) is 0 Å². The van der Waals surface area contributed by atoms with Gasteiger partial charge in [0, 0.05) is 5.57 Å². The number of hydrogen-bond acceptors (Lipinski definition) is 4. The van der Waals surface area contributed by atoms with Gasteiger partial charge in [-0.3, -0.25) is 0 Å². The predicted octanol–water partition coefficient (Wildman–Crippen LogP) is 1.28. The SMILES string of the molecule is C=C(C)C(=O)OCCOCC(C)(O)CC. The second kappa shape index (κ2) is 6.58. The Morgan fingerprint density at radius 2 is 2.07 bits per heavy atom. The van der Waals surface area contributed by atoms with Crippen LogP contribution in [-0.2, 0) is 14.3 Å². The van der Waals surface area contributed by atoms with Crippen molar-refractivity contribution in [2.75, 3.05) is 19.8 Å². The maximum Gasteiger partial charge on any atom is 0.333 e. The average molecular weight is 216 g/mol. The molecule has 0 aromatic carbocycles. The van der Waals surface area contributed by atoms with E-state index >= 15 is 0 Å². The lowest BCUT2D eigenvalue weighted by Gasteiger charge is -2.20. The van der Waals surface area contributed by atoms with Crippen LogP contribution in [0.15, 0.2) is 12.2 Å². The van der Waals surface area contributed by atoms with Gasteiger partial charge >= 0.3 is 5.97 Å². The Bertz CT molecular complexity index is 221. The quantitative estimate of drug-likeness (QED) is 0.396. The fourth-order valence-corrected chi connectivity index (χ4v) is 0.711. The van der Waals surface area contributed by atoms with E-state index in [1.165, 1.54) is 0 Å². The number of aliphatic hydroxyl groups is 1. The summed E-state index contributed by atoms with van der Waals surface area (Å²) in [5.41, 5.74) is -0.436. The van der Waals surface area contributed by atoms with Gasteiger partial charge in [0.2, 0.25) is 0 Å². The largest absolute Gasteiger partial charge is 0.460 e. The van der Waals surface area contributed by atoms with E-state index in [9.17, 15) is 9.90 Å². The van der Waals surface area contributed by atoms with Crippen molar-refractivity contribution in [1.82, 2.24) is 0 Å². The zero-order chi connectivity index (χ0) is 11.9. The van der Waals surface area contributed by atoms with E-state index in [1.807, 2.05) is 6.92 Å². The molecule has 0 aliphatic carbocycles. The summed E-state index contributed by atoms with van der Waals surface area (Å²) in [6.45, 7) is 9.34. The summed E-state index contributed by atoms with van der Waals surface area (Å²) in [4.78, 5) is 10.9. The molecule has 0 spiro atoms. The van der Waals surface area contributed by atoms with Gasteiger partial charge < -0.3 is 14.6 Å². The molecule has 0 amide bonds. The zero-order valence-corrected chi connectivity index (χ0v) is 9.71. The van der Waals surface area contributed by atoms with Crippen molar-refractivity contribution in [2.24, 2.45) is 0 Å². The van der Waals surface area contributed by atoms with E-state index in [0.29, 0.717) is 12.0 Å². The van der Waals surface area contributed by atoms with Gasteiger partial charge in [-0.25, -0.2) is 4.79 Å². The summed E-state index contributed by atoms with van der Waals surface area (Å²) < 4.78 is 9.97. The lowest BCUT2D eigenvalue weighted by molar-refractivity contribution is -0.141. The highest BCUT2D eigenvalue weighted by Crippen LogP contribution is 2.07. The van der Waals surface area contributed by atoms with Gasteiger partial charge in [-0.05, 0) is 20.3 Å². The van der Waals surface area contributed by atoms with Crippen molar-refractivity contribution in [3.05, 3.63) is 12.2 Å². The van der Waals surface area contributed by atoms with Gasteiger partial charge in [-0.2, -0.15) is 0 Å². The van der Waals surface area contributed by atoms with Crippen LogP contribution in [0, 0.1) is 0 Å². The molecule has 4 heteroatoms. The Hall–Kier alpha value is -0.870. The van der Waals surface area contributed by atoms with E-state index in [1.54, 1.807) is 13.8 Å². The monoisotopic (exact) mass is 216 g/mol. The third kappa shape index (κ3) is 7.11. The van der Waals surface area contributed by atoms with Crippen LogP contribution < -0.4 is 0 Å². The molecule has 0 aliphatic rings. The number of esters is 1. The third-order valence-electron chi connectivity index (χ3n) is 1.98. The number of carbonyl (C=O) groups is 1. The number of hydrogen-bond donors (Lipinski definition) is 1. The topological polar surface area (TPSA) is 55.8 Å². The van der Waals surface area contributed by atoms with Crippen LogP contribution in [0.3, 0.4) is 0 Å². The van der Waals surface area contributed by atoms with Gasteiger partial charge in [0.25, 0.3) is 0 Å². The minimum Gasteiger partial charge on any atom is -0.460 e. The Morgan fingerprint density at radius 3 is 2.53 bits per heavy atom. The standard InChI is InChI=1S/C11H20O4/c1-5-11(4,13)8-14-6-7-15-10(12)9(2)3/h13H,2,5-8H2,1,3-4H3. The van der Waals surface area contributed by atoms with Crippen LogP contribution >= 0.6 is 0 Å². The summed E-state index contributed by atoms with van der Waals surface area (Å²) >= 11 is 0. The molecule has 1 atom stereocenters. The average Bonchev–Trinajstić information content (AvgIpc) is 2.16. The molecule has 4 nitrogen and oxygen atoms in total. The van der Waals surface area contributed by atoms with Gasteiger partial charge in [-0.1, -0.05) is 13.5 Å². The summed E-state index contributed by atoms with van der Waals surface area (Å²) in [5, 5.41) is 9.57. The molecule has 0 heterocycles. The Balaban J connectivity index is 3.48. The highest BCUT2D eigenvalue weighted by molar-refractivity contribution is 5.86. The van der Waals surface area contributed by atoms with E-state index in [4.69, 9.17) is 9.47 Å². The highest BCUT2D eigenvalue weighted by Gasteiger charge is 2.17. The number of rotatable bonds is 7. The second-order valence-corrected chi connectivity index (χ2v) is 3.82. The summed E-state index contributed by atoms with van der Waals surface area (Å²) in [6.07, 6.45) is 0.624. The molecule has 1 unspecified atom stereocenters. The molecule has 0 fully saturated rings. The van der Waals surface area contributed by atoms with Crippen LogP contribution in [-0.4, -0.2) is 36.5 Å². The first kappa shape index (κ1) is 14.1. The number of ether oxygens (including phenoxy) is 2. The van der Waals surface area contributed by atoms with Crippen molar-refractivity contribution < 1.29 is 19.4 Å². The minimum atomic E-state index is -0.807. The van der Waals surface area contributed by atoms with Gasteiger partial charge in [0.15, 0.2) is 0 Å². The summed E-state index contributed by atoms with van der Waals surface area (Å²) in [6, 6.07) is 0. The molecule has 0 aromatic heterocycles. The molecule has 88 valence electrons. The molecular formula is C11H20O4. The Morgan fingerprint density at radius 1 is 1.47 bits per heavy atom. The molecule has 0 saturated carbocycles. The van der Waals surface area contributed by atoms with Crippen LogP contribution in [0.4, 0.5) is 0 Å². The third-order valence-corrected chi connectivity index (χ3v) is 1.98. The fourth-order valence-electron chi connectivity index (χ4n) is 0.711. The smallest absolute Gasteiger partial charge is 0.333 e. The van der Waals surface area contributed by atoms with Gasteiger partial charge in [-0.15, -0.1) is 0 Å². The van der Waals surface area contributed by atoms with E-state index in [0.717, 1.165) is 0 Å². The van der Waals surface area contributed by atoms with Gasteiger partial charge in [0.05, 0.1) is 18.8 Å². The lowest BCUT2D eigenvalue weighted by atomic mass is 10.1. The van der Waals surface area contributed by atoms with E-state index in [2.05, 4.69) is 6.58 Å². The summed E-state index contributed by atoms with van der Waals surface area (Å²) in [5.74, 6) is -0.416. The first-order valence-electron chi connectivity index (χ1n) is 5.02. The molecule has 0 aromatic rings. The molecule has 0 radical (unpaired) electrons. The van der Waals surface area contributed by atoms with E-state index < -0.39 is 11.6 Å². The maximum absolute atomic E-state index is 10.9.